The van der Waals surface area contributed by atoms with E-state index in [9.17, 15) is 4.79 Å². The first kappa shape index (κ1) is 12.3. The van der Waals surface area contributed by atoms with E-state index in [4.69, 9.17) is 4.74 Å². The molecule has 0 aliphatic carbocycles. The topological polar surface area (TPSA) is 39.2 Å². The second-order valence-corrected chi connectivity index (χ2v) is 4.09. The molecule has 3 heteroatoms. The van der Waals surface area contributed by atoms with Gasteiger partial charge < -0.3 is 4.74 Å². The summed E-state index contributed by atoms with van der Waals surface area (Å²) in [6, 6.07) is 11.1. The second-order valence-electron chi connectivity index (χ2n) is 4.09. The van der Waals surface area contributed by atoms with Crippen molar-refractivity contribution in [2.75, 3.05) is 0 Å². The number of aromatic nitrogens is 1. The number of para-hydroxylation sites is 1. The molecule has 92 valence electrons. The fourth-order valence-electron chi connectivity index (χ4n) is 1.75. The van der Waals surface area contributed by atoms with Crippen molar-refractivity contribution in [1.82, 2.24) is 4.98 Å². The van der Waals surface area contributed by atoms with Gasteiger partial charge in [-0.2, -0.15) is 0 Å². The molecular weight excluding hydrogens is 226 g/mol. The number of Topliss-reactive ketones (excluding diaryl/α,β-unsaturated/α-hetero) is 1. The molecule has 0 N–H and O–H groups in total. The van der Waals surface area contributed by atoms with E-state index >= 15 is 0 Å². The Hall–Kier alpha value is -2.16. The molecule has 0 spiro atoms. The Bertz CT molecular complexity index is 537. The van der Waals surface area contributed by atoms with E-state index in [1.54, 1.807) is 25.4 Å². The highest BCUT2D eigenvalue weighted by atomic mass is 16.5. The summed E-state index contributed by atoms with van der Waals surface area (Å²) in [5, 5.41) is 0. The van der Waals surface area contributed by atoms with Gasteiger partial charge in [0.1, 0.15) is 11.9 Å². The van der Waals surface area contributed by atoms with Gasteiger partial charge in [-0.05, 0) is 43.7 Å². The second kappa shape index (κ2) is 5.45. The summed E-state index contributed by atoms with van der Waals surface area (Å²) in [6.07, 6.45) is 3.34. The summed E-state index contributed by atoms with van der Waals surface area (Å²) in [4.78, 5) is 15.5. The van der Waals surface area contributed by atoms with Gasteiger partial charge in [0.05, 0.1) is 5.56 Å². The quantitative estimate of drug-likeness (QED) is 0.770. The zero-order valence-corrected chi connectivity index (χ0v) is 10.5. The Morgan fingerprint density at radius 3 is 2.50 bits per heavy atom. The minimum atomic E-state index is -0.117. The lowest BCUT2D eigenvalue weighted by atomic mass is 10.1. The van der Waals surface area contributed by atoms with Crippen LogP contribution in [-0.4, -0.2) is 10.8 Å². The van der Waals surface area contributed by atoms with Gasteiger partial charge in [-0.25, -0.2) is 0 Å². The van der Waals surface area contributed by atoms with E-state index in [0.717, 1.165) is 5.56 Å². The molecule has 2 aromatic rings. The molecule has 1 atom stereocenters. The molecule has 2 rings (SSSR count). The Balaban J connectivity index is 2.22. The lowest BCUT2D eigenvalue weighted by Crippen LogP contribution is -2.06. The third kappa shape index (κ3) is 2.74. The van der Waals surface area contributed by atoms with Crippen molar-refractivity contribution in [3.05, 3.63) is 59.9 Å². The van der Waals surface area contributed by atoms with E-state index in [1.165, 1.54) is 0 Å². The summed E-state index contributed by atoms with van der Waals surface area (Å²) < 4.78 is 5.84. The molecule has 3 nitrogen and oxygen atoms in total. The van der Waals surface area contributed by atoms with Crippen molar-refractivity contribution in [3.8, 4) is 5.75 Å². The number of ketones is 1. The van der Waals surface area contributed by atoms with Crippen molar-refractivity contribution >= 4 is 5.78 Å². The van der Waals surface area contributed by atoms with Gasteiger partial charge in [-0.3, -0.25) is 9.78 Å². The zero-order valence-electron chi connectivity index (χ0n) is 10.5. The molecule has 1 aromatic carbocycles. The molecule has 0 saturated carbocycles. The van der Waals surface area contributed by atoms with Crippen LogP contribution in [0.4, 0.5) is 0 Å². The van der Waals surface area contributed by atoms with Crippen LogP contribution in [0.1, 0.15) is 35.9 Å². The molecule has 0 radical (unpaired) electrons. The Labute approximate surface area is 106 Å². The average Bonchev–Trinajstić information content (AvgIpc) is 2.40. The van der Waals surface area contributed by atoms with Crippen LogP contribution < -0.4 is 4.74 Å². The highest BCUT2D eigenvalue weighted by Crippen LogP contribution is 2.25. The smallest absolute Gasteiger partial charge is 0.163 e. The number of rotatable bonds is 4. The van der Waals surface area contributed by atoms with Gasteiger partial charge in [0, 0.05) is 12.4 Å². The number of benzene rings is 1. The molecule has 18 heavy (non-hydrogen) atoms. The molecule has 0 amide bonds. The van der Waals surface area contributed by atoms with Gasteiger partial charge >= 0.3 is 0 Å². The van der Waals surface area contributed by atoms with Gasteiger partial charge in [0.25, 0.3) is 0 Å². The maximum absolute atomic E-state index is 11.5. The molecule has 1 heterocycles. The normalized spacial score (nSPS) is 11.9. The van der Waals surface area contributed by atoms with Gasteiger partial charge in [-0.1, -0.05) is 12.1 Å². The molecule has 0 aliphatic heterocycles. The van der Waals surface area contributed by atoms with Gasteiger partial charge in [0.2, 0.25) is 0 Å². The average molecular weight is 241 g/mol. The summed E-state index contributed by atoms with van der Waals surface area (Å²) in [5.41, 5.74) is 1.64. The van der Waals surface area contributed by atoms with Crippen LogP contribution in [-0.2, 0) is 0 Å². The van der Waals surface area contributed by atoms with E-state index in [0.29, 0.717) is 11.3 Å². The van der Waals surface area contributed by atoms with Crippen molar-refractivity contribution in [2.24, 2.45) is 0 Å². The number of nitrogens with zero attached hydrogens (tertiary/aromatic N) is 1. The molecule has 1 aromatic heterocycles. The van der Waals surface area contributed by atoms with Gasteiger partial charge in [-0.15, -0.1) is 0 Å². The number of hydrogen-bond acceptors (Lipinski definition) is 3. The van der Waals surface area contributed by atoms with Crippen LogP contribution in [0.5, 0.6) is 5.75 Å². The van der Waals surface area contributed by atoms with Crippen molar-refractivity contribution in [1.29, 1.82) is 0 Å². The number of carbonyl (C=O) groups is 1. The van der Waals surface area contributed by atoms with Crippen LogP contribution in [0.15, 0.2) is 48.8 Å². The standard InChI is InChI=1S/C15H15NO2/c1-11(17)14-5-3-4-6-15(14)18-12(2)13-7-9-16-10-8-13/h3-10,12H,1-2H3. The highest BCUT2D eigenvalue weighted by molar-refractivity contribution is 5.96. The van der Waals surface area contributed by atoms with Crippen LogP contribution in [0.25, 0.3) is 0 Å². The largest absolute Gasteiger partial charge is 0.485 e. The Morgan fingerprint density at radius 1 is 1.17 bits per heavy atom. The van der Waals surface area contributed by atoms with Crippen molar-refractivity contribution < 1.29 is 9.53 Å². The predicted octanol–water partition coefficient (Wildman–Crippen LogP) is 3.42. The summed E-state index contributed by atoms with van der Waals surface area (Å²) in [7, 11) is 0. The summed E-state index contributed by atoms with van der Waals surface area (Å²) >= 11 is 0. The highest BCUT2D eigenvalue weighted by Gasteiger charge is 2.12. The lowest BCUT2D eigenvalue weighted by Gasteiger charge is -2.16. The van der Waals surface area contributed by atoms with E-state index < -0.39 is 0 Å². The number of pyridine rings is 1. The SMILES string of the molecule is CC(=O)c1ccccc1OC(C)c1ccncc1. The minimum absolute atomic E-state index is 0.00697. The van der Waals surface area contributed by atoms with Crippen LogP contribution >= 0.6 is 0 Å². The maximum Gasteiger partial charge on any atom is 0.163 e. The van der Waals surface area contributed by atoms with E-state index in [-0.39, 0.29) is 11.9 Å². The first-order valence-corrected chi connectivity index (χ1v) is 5.85. The molecule has 0 aliphatic rings. The molecule has 0 saturated heterocycles. The van der Waals surface area contributed by atoms with Gasteiger partial charge in [0.15, 0.2) is 5.78 Å². The maximum atomic E-state index is 11.5. The lowest BCUT2D eigenvalue weighted by molar-refractivity contribution is 0.101. The van der Waals surface area contributed by atoms with Crippen molar-refractivity contribution in [2.45, 2.75) is 20.0 Å². The monoisotopic (exact) mass is 241 g/mol. The Morgan fingerprint density at radius 2 is 1.83 bits per heavy atom. The fraction of sp³-hybridized carbons (Fsp3) is 0.200. The number of ether oxygens (including phenoxy) is 1. The third-order valence-electron chi connectivity index (χ3n) is 2.75. The summed E-state index contributed by atoms with van der Waals surface area (Å²) in [5.74, 6) is 0.627. The molecular formula is C15H15NO2. The summed E-state index contributed by atoms with van der Waals surface area (Å²) in [6.45, 7) is 3.49. The fourth-order valence-corrected chi connectivity index (χ4v) is 1.75. The van der Waals surface area contributed by atoms with Crippen molar-refractivity contribution in [3.63, 3.8) is 0 Å². The van der Waals surface area contributed by atoms with E-state index in [1.807, 2.05) is 37.3 Å². The first-order valence-electron chi connectivity index (χ1n) is 5.85. The minimum Gasteiger partial charge on any atom is -0.485 e. The van der Waals surface area contributed by atoms with E-state index in [2.05, 4.69) is 4.98 Å². The molecule has 0 bridgehead atoms. The predicted molar refractivity (Wildman–Crippen MR) is 69.7 cm³/mol. The third-order valence-corrected chi connectivity index (χ3v) is 2.75. The van der Waals surface area contributed by atoms with Crippen LogP contribution in [0.2, 0.25) is 0 Å². The molecule has 1 unspecified atom stereocenters. The zero-order chi connectivity index (χ0) is 13.0. The van der Waals surface area contributed by atoms with Crippen LogP contribution in [0.3, 0.4) is 0 Å². The number of carbonyl (C=O) groups excluding carboxylic acids is 1. The molecule has 0 fully saturated rings. The Kier molecular flexibility index (Phi) is 3.72. The number of hydrogen-bond donors (Lipinski definition) is 0. The first-order chi connectivity index (χ1) is 8.68. The van der Waals surface area contributed by atoms with Crippen LogP contribution in [0, 0.1) is 0 Å².